The Bertz CT molecular complexity index is 308. The van der Waals surface area contributed by atoms with Crippen LogP contribution in [0.2, 0.25) is 0 Å². The molecule has 0 amide bonds. The molecule has 90 valence electrons. The summed E-state index contributed by atoms with van der Waals surface area (Å²) in [7, 11) is 0. The van der Waals surface area contributed by atoms with Crippen LogP contribution in [-0.4, -0.2) is 43.9 Å². The Labute approximate surface area is 91.7 Å². The minimum Gasteiger partial charge on any atom is -0.390 e. The smallest absolute Gasteiger partial charge is 0.213 e. The van der Waals surface area contributed by atoms with Crippen molar-refractivity contribution in [1.29, 1.82) is 0 Å². The monoisotopic (exact) mass is 230 g/mol. The van der Waals surface area contributed by atoms with Gasteiger partial charge < -0.3 is 30.6 Å². The zero-order valence-corrected chi connectivity index (χ0v) is 8.41. The van der Waals surface area contributed by atoms with Crippen molar-refractivity contribution in [2.45, 2.75) is 11.6 Å². The molecule has 6 nitrogen and oxygen atoms in total. The first-order valence-electron chi connectivity index (χ1n) is 4.56. The molecule has 0 aliphatic carbocycles. The normalized spacial score (nSPS) is 12.9. The molecule has 1 aromatic rings. The summed E-state index contributed by atoms with van der Waals surface area (Å²) in [5.41, 5.74) is 0.0139. The van der Waals surface area contributed by atoms with E-state index >= 15 is 0 Å². The molecule has 0 saturated heterocycles. The first-order chi connectivity index (χ1) is 7.33. The minimum atomic E-state index is -2.37. The topological polar surface area (TPSA) is 121 Å². The molecular formula is C10H14O6. The summed E-state index contributed by atoms with van der Waals surface area (Å²) in [5, 5.41) is 54.5. The van der Waals surface area contributed by atoms with Gasteiger partial charge in [0.25, 0.3) is 0 Å². The fourth-order valence-corrected chi connectivity index (χ4v) is 1.19. The van der Waals surface area contributed by atoms with E-state index in [2.05, 4.69) is 0 Å². The highest BCUT2D eigenvalue weighted by molar-refractivity contribution is 5.28. The van der Waals surface area contributed by atoms with Crippen molar-refractivity contribution in [1.82, 2.24) is 0 Å². The van der Waals surface area contributed by atoms with Gasteiger partial charge in [-0.2, -0.15) is 0 Å². The van der Waals surface area contributed by atoms with Gasteiger partial charge in [0.15, 0.2) is 0 Å². The van der Waals surface area contributed by atoms with Gasteiger partial charge in [-0.25, -0.2) is 0 Å². The molecule has 0 saturated carbocycles. The molecule has 0 radical (unpaired) electrons. The van der Waals surface area contributed by atoms with E-state index in [0.29, 0.717) is 0 Å². The Balaban J connectivity index is 3.00. The quantitative estimate of drug-likeness (QED) is 0.331. The fourth-order valence-electron chi connectivity index (χ4n) is 1.19. The molecule has 0 aromatic heterocycles. The second-order valence-electron chi connectivity index (χ2n) is 3.53. The number of rotatable bonds is 4. The highest BCUT2D eigenvalue weighted by Gasteiger charge is 2.28. The van der Waals surface area contributed by atoms with Crippen molar-refractivity contribution >= 4 is 0 Å². The van der Waals surface area contributed by atoms with Crippen LogP contribution < -0.4 is 0 Å². The van der Waals surface area contributed by atoms with Gasteiger partial charge in [-0.15, -0.1) is 0 Å². The number of benzene rings is 1. The van der Waals surface area contributed by atoms with E-state index in [1.54, 1.807) is 0 Å². The van der Waals surface area contributed by atoms with Gasteiger partial charge in [-0.1, -0.05) is 24.3 Å². The minimum absolute atomic E-state index is 0.00693. The van der Waals surface area contributed by atoms with Crippen LogP contribution in [0.4, 0.5) is 0 Å². The lowest BCUT2D eigenvalue weighted by Gasteiger charge is -2.22. The van der Waals surface area contributed by atoms with Gasteiger partial charge in [0.1, 0.15) is 13.2 Å². The van der Waals surface area contributed by atoms with Crippen molar-refractivity contribution in [3.63, 3.8) is 0 Å². The largest absolute Gasteiger partial charge is 0.390 e. The second-order valence-corrected chi connectivity index (χ2v) is 3.53. The van der Waals surface area contributed by atoms with Crippen LogP contribution in [0, 0.1) is 0 Å². The number of aliphatic hydroxyl groups excluding tert-OH is 2. The summed E-state index contributed by atoms with van der Waals surface area (Å²) in [4.78, 5) is 0. The molecule has 1 aromatic carbocycles. The Kier molecular flexibility index (Phi) is 3.64. The van der Waals surface area contributed by atoms with Gasteiger partial charge in [0.05, 0.1) is 0 Å². The number of aliphatic hydroxyl groups is 6. The van der Waals surface area contributed by atoms with E-state index in [-0.39, 0.29) is 11.1 Å². The highest BCUT2D eigenvalue weighted by atomic mass is 16.5. The predicted molar refractivity (Wildman–Crippen MR) is 52.8 cm³/mol. The van der Waals surface area contributed by atoms with Gasteiger partial charge in [-0.05, 0) is 0 Å². The molecule has 16 heavy (non-hydrogen) atoms. The van der Waals surface area contributed by atoms with E-state index in [1.807, 2.05) is 0 Å². The SMILES string of the molecule is OCC(O)(O)c1ccc(C(O)(O)CO)cc1. The standard InChI is InChI=1S/C10H14O6/c11-5-9(13,14)7-1-2-8(4-3-7)10(15,16)6-12/h1-4,11-16H,5-6H2. The lowest BCUT2D eigenvalue weighted by atomic mass is 10.0. The molecule has 0 heterocycles. The van der Waals surface area contributed by atoms with Crippen molar-refractivity contribution < 1.29 is 30.6 Å². The molecule has 0 fully saturated rings. The second kappa shape index (κ2) is 4.46. The predicted octanol–water partition coefficient (Wildman–Crippen LogP) is -2.05. The van der Waals surface area contributed by atoms with Gasteiger partial charge in [0, 0.05) is 11.1 Å². The van der Waals surface area contributed by atoms with E-state index < -0.39 is 24.8 Å². The Morgan fingerprint density at radius 2 is 0.938 bits per heavy atom. The third kappa shape index (κ3) is 2.56. The van der Waals surface area contributed by atoms with Crippen LogP contribution in [0.25, 0.3) is 0 Å². The average Bonchev–Trinajstić information content (AvgIpc) is 2.29. The molecule has 0 spiro atoms. The summed E-state index contributed by atoms with van der Waals surface area (Å²) in [6.07, 6.45) is 0. The Morgan fingerprint density at radius 3 is 1.12 bits per heavy atom. The number of hydrogen-bond donors (Lipinski definition) is 6. The third-order valence-corrected chi connectivity index (χ3v) is 2.25. The van der Waals surface area contributed by atoms with Crippen LogP contribution >= 0.6 is 0 Å². The summed E-state index contributed by atoms with van der Waals surface area (Å²) in [6, 6.07) is 4.84. The van der Waals surface area contributed by atoms with E-state index in [9.17, 15) is 20.4 Å². The molecule has 0 bridgehead atoms. The summed E-state index contributed by atoms with van der Waals surface area (Å²) >= 11 is 0. The van der Waals surface area contributed by atoms with Crippen LogP contribution in [0.15, 0.2) is 24.3 Å². The first kappa shape index (κ1) is 13.0. The molecule has 1 rings (SSSR count). The maximum absolute atomic E-state index is 9.28. The zero-order chi connectivity index (χ0) is 12.4. The van der Waals surface area contributed by atoms with Crippen LogP contribution in [0.3, 0.4) is 0 Å². The summed E-state index contributed by atoms with van der Waals surface area (Å²) < 4.78 is 0. The van der Waals surface area contributed by atoms with E-state index in [4.69, 9.17) is 10.2 Å². The van der Waals surface area contributed by atoms with Crippen LogP contribution in [-0.2, 0) is 11.6 Å². The Hall–Kier alpha value is -1.02. The lowest BCUT2D eigenvalue weighted by Crippen LogP contribution is -2.31. The summed E-state index contributed by atoms with van der Waals surface area (Å²) in [5.74, 6) is -4.74. The van der Waals surface area contributed by atoms with Gasteiger partial charge in [-0.3, -0.25) is 0 Å². The summed E-state index contributed by atoms with van der Waals surface area (Å²) in [6.45, 7) is -1.76. The van der Waals surface area contributed by atoms with Crippen molar-refractivity contribution in [2.75, 3.05) is 13.2 Å². The van der Waals surface area contributed by atoms with Crippen LogP contribution in [0.1, 0.15) is 11.1 Å². The van der Waals surface area contributed by atoms with Gasteiger partial charge in [0.2, 0.25) is 11.6 Å². The molecular weight excluding hydrogens is 216 g/mol. The average molecular weight is 230 g/mol. The third-order valence-electron chi connectivity index (χ3n) is 2.25. The Morgan fingerprint density at radius 1 is 0.688 bits per heavy atom. The van der Waals surface area contributed by atoms with E-state index in [0.717, 1.165) is 0 Å². The molecule has 0 atom stereocenters. The fraction of sp³-hybridized carbons (Fsp3) is 0.400. The zero-order valence-electron chi connectivity index (χ0n) is 8.41. The van der Waals surface area contributed by atoms with Crippen molar-refractivity contribution in [3.8, 4) is 0 Å². The van der Waals surface area contributed by atoms with Crippen molar-refractivity contribution in [3.05, 3.63) is 35.4 Å². The molecule has 6 N–H and O–H groups in total. The van der Waals surface area contributed by atoms with E-state index in [1.165, 1.54) is 24.3 Å². The maximum atomic E-state index is 9.28. The number of hydrogen-bond acceptors (Lipinski definition) is 6. The van der Waals surface area contributed by atoms with Gasteiger partial charge >= 0.3 is 0 Å². The first-order valence-corrected chi connectivity index (χ1v) is 4.56. The molecule has 0 aliphatic rings. The van der Waals surface area contributed by atoms with Crippen LogP contribution in [0.5, 0.6) is 0 Å². The lowest BCUT2D eigenvalue weighted by molar-refractivity contribution is -0.198. The highest BCUT2D eigenvalue weighted by Crippen LogP contribution is 2.22. The molecule has 0 unspecified atom stereocenters. The van der Waals surface area contributed by atoms with Crippen molar-refractivity contribution in [2.24, 2.45) is 0 Å². The maximum Gasteiger partial charge on any atom is 0.213 e. The molecule has 0 aliphatic heterocycles. The molecule has 6 heteroatoms.